The first-order valence-corrected chi connectivity index (χ1v) is 9.78. The number of nitrogens with zero attached hydrogens (tertiary/aromatic N) is 2. The zero-order valence-electron chi connectivity index (χ0n) is 14.5. The molecule has 6 heteroatoms. The van der Waals surface area contributed by atoms with Crippen LogP contribution in [0.15, 0.2) is 0 Å². The van der Waals surface area contributed by atoms with Crippen molar-refractivity contribution in [1.82, 2.24) is 20.4 Å². The van der Waals surface area contributed by atoms with Gasteiger partial charge in [-0.1, -0.05) is 6.42 Å². The molecule has 4 amide bonds. The van der Waals surface area contributed by atoms with E-state index in [4.69, 9.17) is 0 Å². The molecule has 2 saturated heterocycles. The molecule has 0 spiro atoms. The van der Waals surface area contributed by atoms with Gasteiger partial charge in [0.15, 0.2) is 0 Å². The number of hydrogen-bond donors (Lipinski definition) is 2. The molecule has 2 aliphatic heterocycles. The monoisotopic (exact) mass is 334 g/mol. The Balaban J connectivity index is 1.16. The Morgan fingerprint density at radius 1 is 1.12 bits per heavy atom. The molecule has 0 aromatic heterocycles. The summed E-state index contributed by atoms with van der Waals surface area (Å²) in [7, 11) is 0. The number of urea groups is 2. The summed E-state index contributed by atoms with van der Waals surface area (Å²) in [6, 6.07) is 0.442. The van der Waals surface area contributed by atoms with Crippen molar-refractivity contribution in [2.45, 2.75) is 51.0 Å². The number of piperidine rings is 1. The van der Waals surface area contributed by atoms with Gasteiger partial charge in [0.1, 0.15) is 0 Å². The Morgan fingerprint density at radius 3 is 2.58 bits per heavy atom. The zero-order chi connectivity index (χ0) is 16.5. The van der Waals surface area contributed by atoms with E-state index in [1.54, 1.807) is 0 Å². The van der Waals surface area contributed by atoms with Crippen molar-refractivity contribution >= 4 is 12.1 Å². The van der Waals surface area contributed by atoms with Crippen molar-refractivity contribution in [2.75, 3.05) is 32.7 Å². The van der Waals surface area contributed by atoms with E-state index in [0.29, 0.717) is 6.04 Å². The van der Waals surface area contributed by atoms with Gasteiger partial charge >= 0.3 is 12.1 Å². The van der Waals surface area contributed by atoms with Crippen molar-refractivity contribution in [3.05, 3.63) is 0 Å². The lowest BCUT2D eigenvalue weighted by molar-refractivity contribution is 0.140. The second-order valence-electron chi connectivity index (χ2n) is 8.10. The zero-order valence-corrected chi connectivity index (χ0v) is 14.5. The molecule has 2 saturated carbocycles. The van der Waals surface area contributed by atoms with Gasteiger partial charge in [-0.15, -0.1) is 0 Å². The quantitative estimate of drug-likeness (QED) is 0.826. The number of nitrogens with one attached hydrogen (secondary N) is 2. The average Bonchev–Trinajstić information content (AvgIpc) is 3.32. The van der Waals surface area contributed by atoms with Crippen LogP contribution in [0.5, 0.6) is 0 Å². The lowest BCUT2D eigenvalue weighted by atomic mass is 9.86. The molecule has 24 heavy (non-hydrogen) atoms. The molecule has 2 bridgehead atoms. The van der Waals surface area contributed by atoms with E-state index in [0.717, 1.165) is 69.7 Å². The number of hydrogen-bond acceptors (Lipinski definition) is 2. The molecular formula is C18H30N4O2. The molecule has 3 atom stereocenters. The van der Waals surface area contributed by atoms with Crippen LogP contribution in [0.25, 0.3) is 0 Å². The minimum Gasteiger partial charge on any atom is -0.338 e. The molecule has 4 aliphatic rings. The lowest BCUT2D eigenvalue weighted by Gasteiger charge is -2.36. The van der Waals surface area contributed by atoms with Gasteiger partial charge in [0.05, 0.1) is 0 Å². The van der Waals surface area contributed by atoms with Crippen LogP contribution in [0.3, 0.4) is 0 Å². The van der Waals surface area contributed by atoms with E-state index in [2.05, 4.69) is 10.6 Å². The van der Waals surface area contributed by atoms with Gasteiger partial charge in [0.25, 0.3) is 0 Å². The molecule has 4 rings (SSSR count). The predicted octanol–water partition coefficient (Wildman–Crippen LogP) is 2.01. The van der Waals surface area contributed by atoms with Gasteiger partial charge in [-0.2, -0.15) is 0 Å². The Labute approximate surface area is 144 Å². The van der Waals surface area contributed by atoms with Crippen LogP contribution < -0.4 is 10.6 Å². The number of amides is 4. The number of carbonyl (C=O) groups excluding carboxylic acids is 2. The third-order valence-electron chi connectivity index (χ3n) is 6.76. The fraction of sp³-hybridized carbons (Fsp3) is 0.889. The molecule has 134 valence electrons. The molecule has 0 aromatic rings. The van der Waals surface area contributed by atoms with E-state index in [1.807, 2.05) is 9.80 Å². The first kappa shape index (κ1) is 16.0. The summed E-state index contributed by atoms with van der Waals surface area (Å²) in [4.78, 5) is 27.9. The maximum Gasteiger partial charge on any atom is 0.317 e. The molecule has 2 heterocycles. The largest absolute Gasteiger partial charge is 0.338 e. The van der Waals surface area contributed by atoms with Crippen LogP contribution in [-0.4, -0.2) is 60.6 Å². The van der Waals surface area contributed by atoms with E-state index in [1.165, 1.54) is 25.7 Å². The molecule has 0 aromatic carbocycles. The van der Waals surface area contributed by atoms with Crippen LogP contribution in [0.2, 0.25) is 0 Å². The minimum atomic E-state index is 0.0590. The number of carbonyl (C=O) groups is 2. The third-order valence-corrected chi connectivity index (χ3v) is 6.76. The fourth-order valence-corrected chi connectivity index (χ4v) is 5.42. The standard InChI is InChI=1S/C18H30N4O2/c23-17(19-6-3-15-12-13-1-2-14(15)11-13)21-8-4-16(5-9-21)22-10-7-20-18(22)24/h13-16H,1-12H2,(H,19,23)(H,20,24)/t13-,14-,15-/m0/s1. The Morgan fingerprint density at radius 2 is 1.96 bits per heavy atom. The van der Waals surface area contributed by atoms with Gasteiger partial charge in [-0.25, -0.2) is 9.59 Å². The highest BCUT2D eigenvalue weighted by atomic mass is 16.2. The summed E-state index contributed by atoms with van der Waals surface area (Å²) in [5, 5.41) is 5.99. The minimum absolute atomic E-state index is 0.0590. The number of likely N-dealkylation sites (tertiary alicyclic amines) is 1. The Kier molecular flexibility index (Phi) is 4.55. The smallest absolute Gasteiger partial charge is 0.317 e. The lowest BCUT2D eigenvalue weighted by Crippen LogP contribution is -2.50. The highest BCUT2D eigenvalue weighted by Crippen LogP contribution is 2.49. The van der Waals surface area contributed by atoms with Crippen molar-refractivity contribution < 1.29 is 9.59 Å². The third kappa shape index (κ3) is 3.20. The highest BCUT2D eigenvalue weighted by molar-refractivity contribution is 5.77. The van der Waals surface area contributed by atoms with Gasteiger partial charge in [-0.05, 0) is 56.3 Å². The summed E-state index contributed by atoms with van der Waals surface area (Å²) in [5.41, 5.74) is 0. The van der Waals surface area contributed by atoms with Gasteiger partial charge in [-0.3, -0.25) is 0 Å². The highest BCUT2D eigenvalue weighted by Gasteiger charge is 2.39. The normalized spacial score (nSPS) is 33.2. The number of rotatable bonds is 4. The van der Waals surface area contributed by atoms with Crippen molar-refractivity contribution in [3.63, 3.8) is 0 Å². The predicted molar refractivity (Wildman–Crippen MR) is 91.7 cm³/mol. The van der Waals surface area contributed by atoms with Gasteiger partial charge in [0.2, 0.25) is 0 Å². The maximum absolute atomic E-state index is 12.3. The van der Waals surface area contributed by atoms with Crippen molar-refractivity contribution in [2.24, 2.45) is 17.8 Å². The van der Waals surface area contributed by atoms with E-state index >= 15 is 0 Å². The van der Waals surface area contributed by atoms with E-state index in [9.17, 15) is 9.59 Å². The molecule has 0 unspecified atom stereocenters. The SMILES string of the molecule is O=C(NCC[C@H]1C[C@H]2CC[C@H]1C2)N1CCC(N2CCNC2=O)CC1. The van der Waals surface area contributed by atoms with Crippen LogP contribution in [-0.2, 0) is 0 Å². The van der Waals surface area contributed by atoms with Crippen LogP contribution >= 0.6 is 0 Å². The molecule has 6 nitrogen and oxygen atoms in total. The Bertz CT molecular complexity index is 489. The summed E-state index contributed by atoms with van der Waals surface area (Å²) in [6.07, 6.45) is 8.64. The number of fused-ring (bicyclic) bond motifs is 2. The van der Waals surface area contributed by atoms with Gasteiger partial charge < -0.3 is 20.4 Å². The van der Waals surface area contributed by atoms with Crippen LogP contribution in [0.1, 0.15) is 44.9 Å². The molecular weight excluding hydrogens is 304 g/mol. The fourth-order valence-electron chi connectivity index (χ4n) is 5.42. The molecule has 2 aliphatic carbocycles. The summed E-state index contributed by atoms with van der Waals surface area (Å²) >= 11 is 0. The Hall–Kier alpha value is -1.46. The first-order chi connectivity index (χ1) is 11.7. The molecule has 2 N–H and O–H groups in total. The van der Waals surface area contributed by atoms with Crippen molar-refractivity contribution in [3.8, 4) is 0 Å². The summed E-state index contributed by atoms with van der Waals surface area (Å²) in [5.74, 6) is 2.77. The van der Waals surface area contributed by atoms with Gasteiger partial charge in [0, 0.05) is 38.8 Å². The second kappa shape index (κ2) is 6.81. The van der Waals surface area contributed by atoms with E-state index < -0.39 is 0 Å². The average molecular weight is 334 g/mol. The first-order valence-electron chi connectivity index (χ1n) is 9.78. The topological polar surface area (TPSA) is 64.7 Å². The summed E-state index contributed by atoms with van der Waals surface area (Å²) in [6.45, 7) is 3.89. The maximum atomic E-state index is 12.3. The van der Waals surface area contributed by atoms with E-state index in [-0.39, 0.29) is 12.1 Å². The second-order valence-corrected chi connectivity index (χ2v) is 8.10. The van der Waals surface area contributed by atoms with Crippen molar-refractivity contribution in [1.29, 1.82) is 0 Å². The summed E-state index contributed by atoms with van der Waals surface area (Å²) < 4.78 is 0. The molecule has 4 fully saturated rings. The van der Waals surface area contributed by atoms with Crippen LogP contribution in [0, 0.1) is 17.8 Å². The molecule has 0 radical (unpaired) electrons. The van der Waals surface area contributed by atoms with Crippen LogP contribution in [0.4, 0.5) is 9.59 Å².